The van der Waals surface area contributed by atoms with Crippen molar-refractivity contribution in [3.8, 4) is 0 Å². The number of hydrogen-bond donors (Lipinski definition) is 2. The number of nitrogen functional groups attached to an aromatic ring is 1. The van der Waals surface area contributed by atoms with E-state index in [0.717, 1.165) is 17.4 Å². The number of hydrogen-bond acceptors (Lipinski definition) is 3. The maximum atomic E-state index is 12.8. The van der Waals surface area contributed by atoms with Crippen LogP contribution in [0.15, 0.2) is 29.6 Å². The van der Waals surface area contributed by atoms with Crippen LogP contribution >= 0.6 is 11.3 Å². The molecule has 0 spiro atoms. The van der Waals surface area contributed by atoms with Gasteiger partial charge in [-0.2, -0.15) is 13.2 Å². The Balaban J connectivity index is 2.27. The molecule has 0 atom stereocenters. The number of nitrogens with one attached hydrogen (secondary N) is 1. The lowest BCUT2D eigenvalue weighted by Gasteiger charge is -2.12. The first kappa shape index (κ1) is 14.4. The molecule has 0 bridgehead atoms. The van der Waals surface area contributed by atoms with Gasteiger partial charge in [-0.05, 0) is 36.1 Å². The molecule has 0 saturated heterocycles. The molecule has 20 heavy (non-hydrogen) atoms. The maximum Gasteiger partial charge on any atom is 0.416 e. The predicted molar refractivity (Wildman–Crippen MR) is 72.9 cm³/mol. The molecule has 2 rings (SSSR count). The lowest BCUT2D eigenvalue weighted by molar-refractivity contribution is -0.138. The third-order valence-corrected chi connectivity index (χ3v) is 3.63. The molecule has 2 aromatic rings. The number of anilines is 2. The molecule has 0 radical (unpaired) electrons. The van der Waals surface area contributed by atoms with E-state index in [1.54, 1.807) is 11.4 Å². The summed E-state index contributed by atoms with van der Waals surface area (Å²) in [5.41, 5.74) is 5.31. The van der Waals surface area contributed by atoms with Gasteiger partial charge >= 0.3 is 6.18 Å². The summed E-state index contributed by atoms with van der Waals surface area (Å²) in [6.45, 7) is 1.37. The number of alkyl halides is 3. The highest BCUT2D eigenvalue weighted by atomic mass is 32.1. The largest absolute Gasteiger partial charge is 0.416 e. The van der Waals surface area contributed by atoms with Crippen LogP contribution in [-0.4, -0.2) is 5.91 Å². The van der Waals surface area contributed by atoms with Crippen LogP contribution in [0.3, 0.4) is 0 Å². The molecule has 3 N–H and O–H groups in total. The first-order valence-electron chi connectivity index (χ1n) is 5.61. The van der Waals surface area contributed by atoms with Crippen molar-refractivity contribution in [3.63, 3.8) is 0 Å². The Morgan fingerprint density at radius 3 is 2.55 bits per heavy atom. The second kappa shape index (κ2) is 5.16. The first-order chi connectivity index (χ1) is 9.29. The monoisotopic (exact) mass is 300 g/mol. The van der Waals surface area contributed by atoms with E-state index in [2.05, 4.69) is 5.32 Å². The number of aryl methyl sites for hydroxylation is 1. The van der Waals surface area contributed by atoms with Crippen molar-refractivity contribution in [2.75, 3.05) is 11.1 Å². The summed E-state index contributed by atoms with van der Waals surface area (Å²) in [5.74, 6) is -0.519. The third kappa shape index (κ3) is 2.93. The minimum Gasteiger partial charge on any atom is -0.397 e. The van der Waals surface area contributed by atoms with Gasteiger partial charge in [-0.3, -0.25) is 4.79 Å². The van der Waals surface area contributed by atoms with E-state index in [9.17, 15) is 18.0 Å². The van der Waals surface area contributed by atoms with Gasteiger partial charge in [-0.25, -0.2) is 0 Å². The molecule has 0 saturated carbocycles. The van der Waals surface area contributed by atoms with Gasteiger partial charge in [0.1, 0.15) is 4.88 Å². The summed E-state index contributed by atoms with van der Waals surface area (Å²) in [5, 5.41) is 4.06. The van der Waals surface area contributed by atoms with E-state index in [-0.39, 0.29) is 16.1 Å². The number of carbonyl (C=O) groups excluding carboxylic acids is 1. The van der Waals surface area contributed by atoms with Crippen molar-refractivity contribution in [1.82, 2.24) is 0 Å². The van der Waals surface area contributed by atoms with Crippen LogP contribution in [0, 0.1) is 6.92 Å². The lowest BCUT2D eigenvalue weighted by atomic mass is 10.1. The molecular weight excluding hydrogens is 289 g/mol. The van der Waals surface area contributed by atoms with Gasteiger partial charge < -0.3 is 11.1 Å². The average molecular weight is 300 g/mol. The van der Waals surface area contributed by atoms with E-state index >= 15 is 0 Å². The summed E-state index contributed by atoms with van der Waals surface area (Å²) in [6.07, 6.45) is -4.45. The van der Waals surface area contributed by atoms with Gasteiger partial charge in [-0.1, -0.05) is 6.07 Å². The number of benzene rings is 1. The zero-order valence-electron chi connectivity index (χ0n) is 10.4. The van der Waals surface area contributed by atoms with E-state index in [0.29, 0.717) is 5.69 Å². The topological polar surface area (TPSA) is 55.1 Å². The number of rotatable bonds is 2. The summed E-state index contributed by atoms with van der Waals surface area (Å²) in [6, 6.07) is 5.22. The van der Waals surface area contributed by atoms with Crippen LogP contribution in [0.5, 0.6) is 0 Å². The Morgan fingerprint density at radius 2 is 2.00 bits per heavy atom. The Labute approximate surface area is 117 Å². The summed E-state index contributed by atoms with van der Waals surface area (Å²) in [7, 11) is 0. The fraction of sp³-hybridized carbons (Fsp3) is 0.154. The lowest BCUT2D eigenvalue weighted by Crippen LogP contribution is -2.14. The van der Waals surface area contributed by atoms with Crippen molar-refractivity contribution >= 4 is 28.6 Å². The van der Waals surface area contributed by atoms with Gasteiger partial charge in [0.2, 0.25) is 0 Å². The van der Waals surface area contributed by atoms with Crippen molar-refractivity contribution < 1.29 is 18.0 Å². The molecule has 1 aromatic heterocycles. The Bertz CT molecular complexity index is 649. The van der Waals surface area contributed by atoms with E-state index in [1.165, 1.54) is 19.1 Å². The number of carbonyl (C=O) groups is 1. The number of halogens is 3. The molecule has 106 valence electrons. The fourth-order valence-corrected chi connectivity index (χ4v) is 2.41. The minimum atomic E-state index is -4.45. The van der Waals surface area contributed by atoms with Crippen molar-refractivity contribution in [2.24, 2.45) is 0 Å². The molecule has 1 aromatic carbocycles. The Morgan fingerprint density at radius 1 is 1.30 bits per heavy atom. The predicted octanol–water partition coefficient (Wildman–Crippen LogP) is 3.91. The molecule has 7 heteroatoms. The van der Waals surface area contributed by atoms with Crippen LogP contribution < -0.4 is 11.1 Å². The number of thiophene rings is 1. The van der Waals surface area contributed by atoms with Gasteiger partial charge in [0.15, 0.2) is 0 Å². The van der Waals surface area contributed by atoms with Crippen molar-refractivity contribution in [2.45, 2.75) is 13.1 Å². The molecule has 0 unspecified atom stereocenters. The molecule has 3 nitrogen and oxygen atoms in total. The van der Waals surface area contributed by atoms with Crippen molar-refractivity contribution in [1.29, 1.82) is 0 Å². The van der Waals surface area contributed by atoms with E-state index in [1.807, 2.05) is 0 Å². The van der Waals surface area contributed by atoms with E-state index < -0.39 is 17.6 Å². The van der Waals surface area contributed by atoms with Crippen LogP contribution in [0.2, 0.25) is 0 Å². The highest BCUT2D eigenvalue weighted by Gasteiger charge is 2.32. The molecule has 1 amide bonds. The molecule has 0 aliphatic rings. The summed E-state index contributed by atoms with van der Waals surface area (Å²) < 4.78 is 38.3. The second-order valence-corrected chi connectivity index (χ2v) is 5.10. The highest BCUT2D eigenvalue weighted by Crippen LogP contribution is 2.33. The standard InChI is InChI=1S/C13H11F3N2OS/c1-7-2-3-8(6-9(7)13(14,15)16)18-12(19)11-10(17)4-5-20-11/h2-6H,17H2,1H3,(H,18,19). The fourth-order valence-electron chi connectivity index (χ4n) is 1.70. The first-order valence-corrected chi connectivity index (χ1v) is 6.49. The Hall–Kier alpha value is -2.02. The zero-order chi connectivity index (χ0) is 14.9. The smallest absolute Gasteiger partial charge is 0.397 e. The van der Waals surface area contributed by atoms with Crippen molar-refractivity contribution in [3.05, 3.63) is 45.6 Å². The molecule has 0 fully saturated rings. The summed E-state index contributed by atoms with van der Waals surface area (Å²) >= 11 is 1.13. The van der Waals surface area contributed by atoms with Crippen LogP contribution in [0.1, 0.15) is 20.8 Å². The van der Waals surface area contributed by atoms with Gasteiger partial charge in [0.25, 0.3) is 5.91 Å². The summed E-state index contributed by atoms with van der Waals surface area (Å²) in [4.78, 5) is 12.2. The maximum absolute atomic E-state index is 12.8. The van der Waals surface area contributed by atoms with Crippen LogP contribution in [0.25, 0.3) is 0 Å². The quantitative estimate of drug-likeness (QED) is 0.883. The molecule has 0 aliphatic carbocycles. The molecular formula is C13H11F3N2OS. The normalized spacial score (nSPS) is 11.4. The van der Waals surface area contributed by atoms with Crippen LogP contribution in [0.4, 0.5) is 24.5 Å². The van der Waals surface area contributed by atoms with Crippen LogP contribution in [-0.2, 0) is 6.18 Å². The van der Waals surface area contributed by atoms with E-state index in [4.69, 9.17) is 5.73 Å². The zero-order valence-corrected chi connectivity index (χ0v) is 11.2. The molecule has 0 aliphatic heterocycles. The number of amides is 1. The van der Waals surface area contributed by atoms with Gasteiger partial charge in [-0.15, -0.1) is 11.3 Å². The van der Waals surface area contributed by atoms with Gasteiger partial charge in [0.05, 0.1) is 11.3 Å². The Kier molecular flexibility index (Phi) is 3.71. The highest BCUT2D eigenvalue weighted by molar-refractivity contribution is 7.12. The minimum absolute atomic E-state index is 0.0840. The molecule has 1 heterocycles. The van der Waals surface area contributed by atoms with Gasteiger partial charge in [0, 0.05) is 5.69 Å². The SMILES string of the molecule is Cc1ccc(NC(=O)c2sccc2N)cc1C(F)(F)F. The average Bonchev–Trinajstić information content (AvgIpc) is 2.76. The second-order valence-electron chi connectivity index (χ2n) is 4.19. The third-order valence-electron chi connectivity index (χ3n) is 2.70. The number of nitrogens with two attached hydrogens (primary N) is 1.